The van der Waals surface area contributed by atoms with Crippen LogP contribution < -0.4 is 5.32 Å². The Morgan fingerprint density at radius 3 is 2.40 bits per heavy atom. The van der Waals surface area contributed by atoms with Gasteiger partial charge in [0.15, 0.2) is 0 Å². The largest absolute Gasteiger partial charge is 0.338 e. The Labute approximate surface area is 64.1 Å². The molecule has 0 rings (SSSR count). The summed E-state index contributed by atoms with van der Waals surface area (Å²) in [6.07, 6.45) is 0. The molecule has 4 nitrogen and oxygen atoms in total. The number of carbonyl (C=O) groups is 2. The van der Waals surface area contributed by atoms with Gasteiger partial charge in [0.2, 0.25) is 0 Å². The van der Waals surface area contributed by atoms with E-state index in [1.165, 1.54) is 7.05 Å². The van der Waals surface area contributed by atoms with Crippen LogP contribution in [0, 0.1) is 0 Å². The van der Waals surface area contributed by atoms with Gasteiger partial charge in [0.1, 0.15) is 0 Å². The standard InChI is InChI=1S/C5H9ClN2O2/c1-3-7-5(10)8(2)4(6)9/h3H2,1-2H3,(H,7,10). The summed E-state index contributed by atoms with van der Waals surface area (Å²) in [5, 5.41) is 1.62. The molecule has 0 aliphatic carbocycles. The predicted molar refractivity (Wildman–Crippen MR) is 38.1 cm³/mol. The average Bonchev–Trinajstić information content (AvgIpc) is 1.87. The van der Waals surface area contributed by atoms with Crippen molar-refractivity contribution in [3.8, 4) is 0 Å². The minimum absolute atomic E-state index is 0.480. The van der Waals surface area contributed by atoms with Gasteiger partial charge in [-0.1, -0.05) is 0 Å². The van der Waals surface area contributed by atoms with E-state index in [1.807, 2.05) is 0 Å². The summed E-state index contributed by atoms with van der Waals surface area (Å²) < 4.78 is 0. The maximum atomic E-state index is 10.7. The lowest BCUT2D eigenvalue weighted by molar-refractivity contribution is 0.207. The molecule has 0 unspecified atom stereocenters. The van der Waals surface area contributed by atoms with E-state index in [4.69, 9.17) is 11.6 Å². The van der Waals surface area contributed by atoms with Gasteiger partial charge in [-0.25, -0.2) is 4.79 Å². The Kier molecular flexibility index (Phi) is 3.79. The molecule has 0 atom stereocenters. The number of nitrogens with one attached hydrogen (secondary N) is 1. The van der Waals surface area contributed by atoms with Crippen molar-refractivity contribution in [3.63, 3.8) is 0 Å². The quantitative estimate of drug-likeness (QED) is 0.465. The SMILES string of the molecule is CCNC(=O)N(C)C(=O)Cl. The topological polar surface area (TPSA) is 49.4 Å². The summed E-state index contributed by atoms with van der Waals surface area (Å²) in [7, 11) is 1.31. The number of urea groups is 1. The fourth-order valence-corrected chi connectivity index (χ4v) is 0.426. The highest BCUT2D eigenvalue weighted by Crippen LogP contribution is 1.91. The van der Waals surface area contributed by atoms with Crippen molar-refractivity contribution in [1.29, 1.82) is 0 Å². The Balaban J connectivity index is 3.82. The van der Waals surface area contributed by atoms with E-state index in [1.54, 1.807) is 6.92 Å². The molecule has 0 fully saturated rings. The fourth-order valence-electron chi connectivity index (χ4n) is 0.350. The summed E-state index contributed by atoms with van der Waals surface area (Å²) in [5.41, 5.74) is 0. The average molecular weight is 165 g/mol. The van der Waals surface area contributed by atoms with Crippen LogP contribution in [0.5, 0.6) is 0 Å². The third-order valence-electron chi connectivity index (χ3n) is 0.896. The second-order valence-electron chi connectivity index (χ2n) is 1.65. The first-order valence-corrected chi connectivity index (χ1v) is 3.18. The number of amides is 3. The Morgan fingerprint density at radius 2 is 2.10 bits per heavy atom. The number of rotatable bonds is 1. The molecular weight excluding hydrogens is 156 g/mol. The van der Waals surface area contributed by atoms with E-state index < -0.39 is 11.4 Å². The smallest absolute Gasteiger partial charge is 0.324 e. The molecule has 5 heteroatoms. The summed E-state index contributed by atoms with van der Waals surface area (Å²) >= 11 is 4.99. The molecule has 0 aliphatic rings. The zero-order chi connectivity index (χ0) is 8.15. The van der Waals surface area contributed by atoms with Gasteiger partial charge in [0.25, 0.3) is 0 Å². The first-order valence-electron chi connectivity index (χ1n) is 2.80. The van der Waals surface area contributed by atoms with Crippen molar-refractivity contribution in [2.45, 2.75) is 6.92 Å². The van der Waals surface area contributed by atoms with Crippen LogP contribution in [0.4, 0.5) is 9.59 Å². The zero-order valence-corrected chi connectivity index (χ0v) is 6.60. The van der Waals surface area contributed by atoms with Gasteiger partial charge >= 0.3 is 11.4 Å². The van der Waals surface area contributed by atoms with Gasteiger partial charge in [-0.2, -0.15) is 0 Å². The van der Waals surface area contributed by atoms with Gasteiger partial charge in [0.05, 0.1) is 0 Å². The highest BCUT2D eigenvalue weighted by Gasteiger charge is 2.11. The Bertz CT molecular complexity index is 149. The monoisotopic (exact) mass is 164 g/mol. The molecule has 1 N–H and O–H groups in total. The molecule has 3 amide bonds. The third kappa shape index (κ3) is 2.68. The second-order valence-corrected chi connectivity index (χ2v) is 1.97. The van der Waals surface area contributed by atoms with Crippen LogP contribution in [0.3, 0.4) is 0 Å². The second kappa shape index (κ2) is 4.11. The molecule has 0 aromatic rings. The van der Waals surface area contributed by atoms with Gasteiger partial charge in [-0.3, -0.25) is 9.69 Å². The van der Waals surface area contributed by atoms with E-state index in [0.29, 0.717) is 6.54 Å². The van der Waals surface area contributed by atoms with E-state index >= 15 is 0 Å². The summed E-state index contributed by atoms with van der Waals surface area (Å²) in [4.78, 5) is 21.8. The normalized spacial score (nSPS) is 8.70. The van der Waals surface area contributed by atoms with Crippen LogP contribution >= 0.6 is 11.6 Å². The van der Waals surface area contributed by atoms with Crippen LogP contribution in [0.2, 0.25) is 0 Å². The van der Waals surface area contributed by atoms with Crippen molar-refractivity contribution in [3.05, 3.63) is 0 Å². The molecule has 0 bridgehead atoms. The number of imide groups is 1. The fraction of sp³-hybridized carbons (Fsp3) is 0.600. The van der Waals surface area contributed by atoms with Crippen LogP contribution in [0.1, 0.15) is 6.92 Å². The van der Waals surface area contributed by atoms with Crippen LogP contribution in [0.15, 0.2) is 0 Å². The van der Waals surface area contributed by atoms with E-state index in [9.17, 15) is 9.59 Å². The van der Waals surface area contributed by atoms with Crippen molar-refractivity contribution in [2.24, 2.45) is 0 Å². The molecule has 0 saturated heterocycles. The predicted octanol–water partition coefficient (Wildman–Crippen LogP) is 1.01. The first-order chi connectivity index (χ1) is 4.59. The molecule has 0 spiro atoms. The van der Waals surface area contributed by atoms with Crippen molar-refractivity contribution >= 4 is 23.0 Å². The molecule has 0 saturated carbocycles. The van der Waals surface area contributed by atoms with Gasteiger partial charge in [0, 0.05) is 13.6 Å². The summed E-state index contributed by atoms with van der Waals surface area (Å²) in [6, 6.07) is -0.484. The number of nitrogens with zero attached hydrogens (tertiary/aromatic N) is 1. The lowest BCUT2D eigenvalue weighted by Gasteiger charge is -2.10. The Hall–Kier alpha value is -0.770. The lowest BCUT2D eigenvalue weighted by Crippen LogP contribution is -2.38. The van der Waals surface area contributed by atoms with Crippen molar-refractivity contribution in [1.82, 2.24) is 10.2 Å². The van der Waals surface area contributed by atoms with Gasteiger partial charge < -0.3 is 5.32 Å². The molecule has 0 heterocycles. The number of hydrogen-bond donors (Lipinski definition) is 1. The molecule has 58 valence electrons. The summed E-state index contributed by atoms with van der Waals surface area (Å²) in [6.45, 7) is 2.23. The minimum Gasteiger partial charge on any atom is -0.338 e. The van der Waals surface area contributed by atoms with Gasteiger partial charge in [-0.15, -0.1) is 0 Å². The lowest BCUT2D eigenvalue weighted by atomic mass is 10.7. The minimum atomic E-state index is -0.786. The van der Waals surface area contributed by atoms with E-state index in [0.717, 1.165) is 4.90 Å². The number of hydrogen-bond acceptors (Lipinski definition) is 2. The first kappa shape index (κ1) is 9.23. The third-order valence-corrected chi connectivity index (χ3v) is 1.15. The van der Waals surface area contributed by atoms with Crippen molar-refractivity contribution < 1.29 is 9.59 Å². The molecule has 0 aliphatic heterocycles. The maximum absolute atomic E-state index is 10.7. The maximum Gasteiger partial charge on any atom is 0.324 e. The van der Waals surface area contributed by atoms with Crippen LogP contribution in [-0.2, 0) is 0 Å². The van der Waals surface area contributed by atoms with E-state index in [2.05, 4.69) is 5.32 Å². The highest BCUT2D eigenvalue weighted by molar-refractivity contribution is 6.63. The number of halogens is 1. The number of carbonyl (C=O) groups excluding carboxylic acids is 2. The highest BCUT2D eigenvalue weighted by atomic mass is 35.5. The summed E-state index contributed by atoms with van der Waals surface area (Å²) in [5.74, 6) is 0. The molecule has 0 aromatic carbocycles. The Morgan fingerprint density at radius 1 is 1.60 bits per heavy atom. The van der Waals surface area contributed by atoms with Crippen LogP contribution in [0.25, 0.3) is 0 Å². The molecule has 0 aromatic heterocycles. The van der Waals surface area contributed by atoms with Crippen molar-refractivity contribution in [2.75, 3.05) is 13.6 Å². The molecular formula is C5H9ClN2O2. The van der Waals surface area contributed by atoms with Gasteiger partial charge in [-0.05, 0) is 18.5 Å². The van der Waals surface area contributed by atoms with E-state index in [-0.39, 0.29) is 0 Å². The zero-order valence-electron chi connectivity index (χ0n) is 5.85. The van der Waals surface area contributed by atoms with Crippen LogP contribution in [-0.4, -0.2) is 29.9 Å². The molecule has 10 heavy (non-hydrogen) atoms. The molecule has 0 radical (unpaired) electrons.